The van der Waals surface area contributed by atoms with Crippen LogP contribution in [-0.4, -0.2) is 31.9 Å². The molecule has 0 aromatic heterocycles. The summed E-state index contributed by atoms with van der Waals surface area (Å²) in [6.45, 7) is 0.565. The van der Waals surface area contributed by atoms with Crippen LogP contribution in [0.15, 0.2) is 77.7 Å². The molecule has 31 heavy (non-hydrogen) atoms. The van der Waals surface area contributed by atoms with Crippen LogP contribution < -0.4 is 4.74 Å². The molecule has 0 saturated carbocycles. The molecule has 0 bridgehead atoms. The van der Waals surface area contributed by atoms with Crippen LogP contribution in [-0.2, 0) is 10.0 Å². The Labute approximate surface area is 181 Å². The number of nitrogens with zero attached hydrogens (tertiary/aromatic N) is 2. The van der Waals surface area contributed by atoms with Crippen molar-refractivity contribution in [2.75, 3.05) is 13.1 Å². The van der Waals surface area contributed by atoms with E-state index in [0.717, 1.165) is 17.2 Å². The molecule has 0 N–H and O–H groups in total. The molecule has 0 radical (unpaired) electrons. The average Bonchev–Trinajstić information content (AvgIpc) is 2.80. The Hall–Kier alpha value is -3.21. The second-order valence-electron chi connectivity index (χ2n) is 7.37. The summed E-state index contributed by atoms with van der Waals surface area (Å²) in [5, 5.41) is 8.90. The molecule has 4 rings (SSSR count). The zero-order chi connectivity index (χ0) is 21.8. The molecule has 7 heteroatoms. The number of sulfonamides is 1. The highest BCUT2D eigenvalue weighted by atomic mass is 32.2. The first-order chi connectivity index (χ1) is 15.0. The third kappa shape index (κ3) is 4.61. The number of benzene rings is 3. The summed E-state index contributed by atoms with van der Waals surface area (Å²) in [5.74, 6) is -0.0176. The highest BCUT2D eigenvalue weighted by Gasteiger charge is 2.31. The molecule has 158 valence electrons. The maximum Gasteiger partial charge on any atom is 0.245 e. The summed E-state index contributed by atoms with van der Waals surface area (Å²) < 4.78 is 46.7. The quantitative estimate of drug-likeness (QED) is 0.586. The first-order valence-corrected chi connectivity index (χ1v) is 11.4. The molecule has 0 atom stereocenters. The molecule has 1 saturated heterocycles. The van der Waals surface area contributed by atoms with Crippen LogP contribution in [0.2, 0.25) is 0 Å². The van der Waals surface area contributed by atoms with Crippen LogP contribution in [0.3, 0.4) is 0 Å². The van der Waals surface area contributed by atoms with Crippen LogP contribution in [0.25, 0.3) is 11.1 Å². The Kier molecular flexibility index (Phi) is 6.03. The van der Waals surface area contributed by atoms with Crippen molar-refractivity contribution in [3.8, 4) is 22.9 Å². The summed E-state index contributed by atoms with van der Waals surface area (Å²) in [4.78, 5) is -0.284. The lowest BCUT2D eigenvalue weighted by Crippen LogP contribution is -2.41. The second-order valence-corrected chi connectivity index (χ2v) is 9.27. The van der Waals surface area contributed by atoms with Gasteiger partial charge in [0.15, 0.2) is 0 Å². The molecule has 1 heterocycles. The summed E-state index contributed by atoms with van der Waals surface area (Å²) in [6, 6.07) is 22.6. The fraction of sp³-hybridized carbons (Fsp3) is 0.208. The van der Waals surface area contributed by atoms with E-state index >= 15 is 0 Å². The Morgan fingerprint density at radius 1 is 0.903 bits per heavy atom. The largest absolute Gasteiger partial charge is 0.490 e. The van der Waals surface area contributed by atoms with Gasteiger partial charge in [-0.25, -0.2) is 12.8 Å². The van der Waals surface area contributed by atoms with Gasteiger partial charge in [-0.3, -0.25) is 0 Å². The summed E-state index contributed by atoms with van der Waals surface area (Å²) >= 11 is 0. The van der Waals surface area contributed by atoms with E-state index in [1.165, 1.54) is 22.5 Å². The van der Waals surface area contributed by atoms with E-state index in [1.54, 1.807) is 12.1 Å². The van der Waals surface area contributed by atoms with Crippen LogP contribution in [0.4, 0.5) is 4.39 Å². The van der Waals surface area contributed by atoms with Crippen molar-refractivity contribution in [1.82, 2.24) is 4.31 Å². The number of rotatable bonds is 5. The number of hydrogen-bond acceptors (Lipinski definition) is 4. The van der Waals surface area contributed by atoms with Gasteiger partial charge in [-0.15, -0.1) is 0 Å². The molecule has 0 spiro atoms. The maximum absolute atomic E-state index is 14.0. The monoisotopic (exact) mass is 436 g/mol. The minimum Gasteiger partial charge on any atom is -0.490 e. The first-order valence-electron chi connectivity index (χ1n) is 9.99. The van der Waals surface area contributed by atoms with Gasteiger partial charge in [0.05, 0.1) is 11.6 Å². The Morgan fingerprint density at radius 3 is 2.06 bits per heavy atom. The van der Waals surface area contributed by atoms with Gasteiger partial charge < -0.3 is 4.74 Å². The van der Waals surface area contributed by atoms with Gasteiger partial charge in [-0.2, -0.15) is 9.57 Å². The molecule has 5 nitrogen and oxygen atoms in total. The fourth-order valence-corrected chi connectivity index (χ4v) is 5.17. The molecule has 0 amide bonds. The number of hydrogen-bond donors (Lipinski definition) is 0. The lowest BCUT2D eigenvalue weighted by Gasteiger charge is -2.31. The van der Waals surface area contributed by atoms with Gasteiger partial charge >= 0.3 is 0 Å². The van der Waals surface area contributed by atoms with Crippen molar-refractivity contribution >= 4 is 10.0 Å². The number of nitriles is 1. The standard InChI is InChI=1S/C24H21FN2O3S/c25-23-3-1-2-4-24(23)31(28,29)27-15-13-22(14-16-27)30-21-11-9-20(10-12-21)19-7-5-18(17-26)6-8-19/h1-12,22H,13-16H2. The molecule has 0 aliphatic carbocycles. The van der Waals surface area contributed by atoms with Crippen LogP contribution in [0.1, 0.15) is 18.4 Å². The minimum atomic E-state index is -3.85. The van der Waals surface area contributed by atoms with E-state index < -0.39 is 15.8 Å². The van der Waals surface area contributed by atoms with E-state index in [-0.39, 0.29) is 24.1 Å². The molecular weight excluding hydrogens is 415 g/mol. The third-order valence-corrected chi connectivity index (χ3v) is 7.29. The molecule has 1 fully saturated rings. The lowest BCUT2D eigenvalue weighted by atomic mass is 10.0. The smallest absolute Gasteiger partial charge is 0.245 e. The Balaban J connectivity index is 1.37. The molecular formula is C24H21FN2O3S. The highest BCUT2D eigenvalue weighted by Crippen LogP contribution is 2.27. The maximum atomic E-state index is 14.0. The molecule has 3 aromatic rings. The summed E-state index contributed by atoms with van der Waals surface area (Å²) in [5.41, 5.74) is 2.65. The van der Waals surface area contributed by atoms with Gasteiger partial charge in [-0.05, 0) is 60.4 Å². The normalized spacial score (nSPS) is 15.4. The van der Waals surface area contributed by atoms with E-state index in [2.05, 4.69) is 6.07 Å². The third-order valence-electron chi connectivity index (χ3n) is 5.36. The van der Waals surface area contributed by atoms with Crippen molar-refractivity contribution in [1.29, 1.82) is 5.26 Å². The minimum absolute atomic E-state index is 0.104. The van der Waals surface area contributed by atoms with E-state index in [9.17, 15) is 12.8 Å². The Morgan fingerprint density at radius 2 is 1.48 bits per heavy atom. The van der Waals surface area contributed by atoms with Crippen LogP contribution in [0.5, 0.6) is 5.75 Å². The average molecular weight is 437 g/mol. The van der Waals surface area contributed by atoms with Gasteiger partial charge in [0.25, 0.3) is 0 Å². The lowest BCUT2D eigenvalue weighted by molar-refractivity contribution is 0.135. The van der Waals surface area contributed by atoms with Crippen molar-refractivity contribution in [2.45, 2.75) is 23.8 Å². The van der Waals surface area contributed by atoms with Crippen molar-refractivity contribution < 1.29 is 17.5 Å². The van der Waals surface area contributed by atoms with Gasteiger partial charge in [0, 0.05) is 13.1 Å². The molecule has 1 aliphatic rings. The second kappa shape index (κ2) is 8.88. The topological polar surface area (TPSA) is 70.4 Å². The molecule has 1 aliphatic heterocycles. The zero-order valence-electron chi connectivity index (χ0n) is 16.7. The number of halogens is 1. The van der Waals surface area contributed by atoms with Crippen molar-refractivity contribution in [3.63, 3.8) is 0 Å². The van der Waals surface area contributed by atoms with E-state index in [4.69, 9.17) is 10.00 Å². The number of ether oxygens (including phenoxy) is 1. The zero-order valence-corrected chi connectivity index (χ0v) is 17.6. The molecule has 0 unspecified atom stereocenters. The van der Waals surface area contributed by atoms with E-state index in [1.807, 2.05) is 36.4 Å². The molecule has 3 aromatic carbocycles. The van der Waals surface area contributed by atoms with Crippen molar-refractivity contribution in [2.24, 2.45) is 0 Å². The number of piperidine rings is 1. The van der Waals surface area contributed by atoms with E-state index in [0.29, 0.717) is 24.2 Å². The van der Waals surface area contributed by atoms with Gasteiger partial charge in [0.2, 0.25) is 10.0 Å². The first kappa shape index (κ1) is 21.0. The van der Waals surface area contributed by atoms with Gasteiger partial charge in [-0.1, -0.05) is 36.4 Å². The summed E-state index contributed by atoms with van der Waals surface area (Å²) in [6.07, 6.45) is 0.962. The predicted octanol–water partition coefficient (Wildman–Crippen LogP) is 4.60. The summed E-state index contributed by atoms with van der Waals surface area (Å²) in [7, 11) is -3.85. The SMILES string of the molecule is N#Cc1ccc(-c2ccc(OC3CCN(S(=O)(=O)c4ccccc4F)CC3)cc2)cc1. The van der Waals surface area contributed by atoms with Crippen LogP contribution in [0, 0.1) is 17.1 Å². The fourth-order valence-electron chi connectivity index (χ4n) is 3.64. The van der Waals surface area contributed by atoms with Gasteiger partial charge in [0.1, 0.15) is 22.6 Å². The van der Waals surface area contributed by atoms with Crippen LogP contribution >= 0.6 is 0 Å². The van der Waals surface area contributed by atoms with Crippen molar-refractivity contribution in [3.05, 3.63) is 84.2 Å². The Bertz CT molecular complexity index is 1190. The highest BCUT2D eigenvalue weighted by molar-refractivity contribution is 7.89. The predicted molar refractivity (Wildman–Crippen MR) is 115 cm³/mol.